The van der Waals surface area contributed by atoms with E-state index in [9.17, 15) is 0 Å². The first-order valence-corrected chi connectivity index (χ1v) is 17.2. The summed E-state index contributed by atoms with van der Waals surface area (Å²) >= 11 is 0. The fourth-order valence-corrected chi connectivity index (χ4v) is 12.2. The van der Waals surface area contributed by atoms with Crippen molar-refractivity contribution in [2.45, 2.75) is 70.9 Å². The third kappa shape index (κ3) is 4.67. The van der Waals surface area contributed by atoms with Crippen molar-refractivity contribution >= 4 is 43.2 Å². The Labute approximate surface area is 230 Å². The summed E-state index contributed by atoms with van der Waals surface area (Å²) in [5.41, 5.74) is 11.9. The van der Waals surface area contributed by atoms with E-state index >= 15 is 0 Å². The number of hydrogen-bond donors (Lipinski definition) is 0. The van der Waals surface area contributed by atoms with Gasteiger partial charge in [0.15, 0.2) is 0 Å². The van der Waals surface area contributed by atoms with Crippen LogP contribution in [-0.4, -0.2) is 0 Å². The first-order chi connectivity index (χ1) is 17.8. The lowest BCUT2D eigenvalue weighted by atomic mass is 9.96. The average Bonchev–Trinajstić information content (AvgIpc) is 2.88. The molecule has 0 saturated carbocycles. The van der Waals surface area contributed by atoms with Gasteiger partial charge in [-0.1, -0.05) is 116 Å². The second-order valence-corrected chi connectivity index (χ2v) is 14.4. The van der Waals surface area contributed by atoms with Gasteiger partial charge in [0.25, 0.3) is 0 Å². The van der Waals surface area contributed by atoms with E-state index in [2.05, 4.69) is 72.8 Å². The quantitative estimate of drug-likeness (QED) is 0.204. The van der Waals surface area contributed by atoms with E-state index in [-0.39, 0.29) is 0 Å². The molecule has 4 heteroatoms. The van der Waals surface area contributed by atoms with Gasteiger partial charge in [-0.25, -0.2) is 0 Å². The molecule has 4 aromatic rings. The summed E-state index contributed by atoms with van der Waals surface area (Å²) in [5.74, 6) is 0. The van der Waals surface area contributed by atoms with Crippen molar-refractivity contribution in [3.8, 4) is 0 Å². The Morgan fingerprint density at radius 1 is 0.278 bits per heavy atom. The molecule has 8 bridgehead atoms. The van der Waals surface area contributed by atoms with Crippen LogP contribution >= 0.6 is 43.2 Å². The fourth-order valence-electron chi connectivity index (χ4n) is 5.47. The minimum Gasteiger partial charge on any atom is -0.0588 e. The molecule has 180 valence electrons. The van der Waals surface area contributed by atoms with E-state index in [1.165, 1.54) is 64.1 Å². The number of rotatable bonds is 0. The smallest absolute Gasteiger partial charge is 0.0365 e. The molecule has 36 heavy (non-hydrogen) atoms. The summed E-state index contributed by atoms with van der Waals surface area (Å²) in [6.07, 6.45) is 8.87. The van der Waals surface area contributed by atoms with E-state index in [0.717, 1.165) is 51.4 Å². The molecule has 0 saturated heterocycles. The van der Waals surface area contributed by atoms with E-state index in [4.69, 9.17) is 0 Å². The molecule has 0 fully saturated rings. The van der Waals surface area contributed by atoms with Gasteiger partial charge >= 0.3 is 0 Å². The molecule has 0 nitrogen and oxygen atoms in total. The molecule has 9 aliphatic rings. The maximum Gasteiger partial charge on any atom is 0.0365 e. The SMILES string of the molecule is c1cc2ccc1CCc1ccc(c3c1SSc1c4ccc(c1SS3)CCc1ccc(cc1)CC4)CC2. The maximum absolute atomic E-state index is 2.43. The van der Waals surface area contributed by atoms with E-state index in [1.54, 1.807) is 0 Å². The summed E-state index contributed by atoms with van der Waals surface area (Å²) in [6, 6.07) is 28.4. The standard InChI is InChI=1S/C32H28S4/c1-2-22-4-3-21(1)9-13-25-17-18-26(14-10-22)30-29(25)33-35-31-27-15-11-23-5-7-24(8-6-23)12-16-28(20-19-27)32(31)36-34-30/h1-8,17-20H,9-16H2. The van der Waals surface area contributed by atoms with Crippen LogP contribution in [0, 0.1) is 0 Å². The summed E-state index contributed by atoms with van der Waals surface area (Å²) in [4.78, 5) is 6.07. The summed E-state index contributed by atoms with van der Waals surface area (Å²) in [7, 11) is 8.11. The predicted molar refractivity (Wildman–Crippen MR) is 159 cm³/mol. The minimum absolute atomic E-state index is 1.11. The lowest BCUT2D eigenvalue weighted by Gasteiger charge is -2.24. The molecular formula is C32H28S4. The maximum atomic E-state index is 2.43. The topological polar surface area (TPSA) is 0 Å². The Balaban J connectivity index is 1.27. The molecule has 0 spiro atoms. The lowest BCUT2D eigenvalue weighted by Crippen LogP contribution is -2.04. The van der Waals surface area contributed by atoms with Crippen LogP contribution in [0.4, 0.5) is 0 Å². The predicted octanol–water partition coefficient (Wildman–Crippen LogP) is 9.37. The molecule has 4 aromatic carbocycles. The van der Waals surface area contributed by atoms with Crippen molar-refractivity contribution in [3.05, 3.63) is 117 Å². The van der Waals surface area contributed by atoms with Gasteiger partial charge in [0.05, 0.1) is 0 Å². The minimum atomic E-state index is 1.11. The van der Waals surface area contributed by atoms with Gasteiger partial charge in [-0.2, -0.15) is 0 Å². The highest BCUT2D eigenvalue weighted by molar-refractivity contribution is 8.79. The van der Waals surface area contributed by atoms with Crippen LogP contribution in [0.25, 0.3) is 0 Å². The molecule has 0 aromatic heterocycles. The Bertz CT molecular complexity index is 1200. The van der Waals surface area contributed by atoms with Gasteiger partial charge in [-0.15, -0.1) is 0 Å². The third-order valence-electron chi connectivity index (χ3n) is 7.75. The van der Waals surface area contributed by atoms with Crippen LogP contribution in [0.3, 0.4) is 0 Å². The van der Waals surface area contributed by atoms with Crippen molar-refractivity contribution in [2.75, 3.05) is 0 Å². The van der Waals surface area contributed by atoms with Crippen molar-refractivity contribution in [3.63, 3.8) is 0 Å². The normalized spacial score (nSPS) is 16.7. The van der Waals surface area contributed by atoms with Crippen LogP contribution in [0.15, 0.2) is 92.4 Å². The van der Waals surface area contributed by atoms with Crippen molar-refractivity contribution < 1.29 is 0 Å². The Hall–Kier alpha value is -1.72. The zero-order valence-electron chi connectivity index (χ0n) is 20.2. The second-order valence-electron chi connectivity index (χ2n) is 10.1. The van der Waals surface area contributed by atoms with Crippen molar-refractivity contribution in [2.24, 2.45) is 0 Å². The zero-order chi connectivity index (χ0) is 23.9. The van der Waals surface area contributed by atoms with Gasteiger partial charge in [0, 0.05) is 19.6 Å². The van der Waals surface area contributed by atoms with Gasteiger partial charge in [-0.3, -0.25) is 0 Å². The van der Waals surface area contributed by atoms with Crippen molar-refractivity contribution in [1.82, 2.24) is 0 Å². The lowest BCUT2D eigenvalue weighted by molar-refractivity contribution is 0.865. The molecule has 0 unspecified atom stereocenters. The van der Waals surface area contributed by atoms with Gasteiger partial charge in [0.1, 0.15) is 0 Å². The van der Waals surface area contributed by atoms with Gasteiger partial charge in [-0.05, 0) is 95.9 Å². The molecule has 13 rings (SSSR count). The first-order valence-electron chi connectivity index (χ1n) is 12.9. The van der Waals surface area contributed by atoms with Gasteiger partial charge in [0.2, 0.25) is 0 Å². The fraction of sp³-hybridized carbons (Fsp3) is 0.250. The largest absolute Gasteiger partial charge is 0.0588 e. The first kappa shape index (κ1) is 23.4. The average molecular weight is 541 g/mol. The van der Waals surface area contributed by atoms with Crippen LogP contribution in [0.5, 0.6) is 0 Å². The molecule has 1 aliphatic heterocycles. The molecular weight excluding hydrogens is 513 g/mol. The van der Waals surface area contributed by atoms with Crippen LogP contribution in [0.2, 0.25) is 0 Å². The van der Waals surface area contributed by atoms with E-state index in [0.29, 0.717) is 0 Å². The summed E-state index contributed by atoms with van der Waals surface area (Å²) in [5, 5.41) is 0. The van der Waals surface area contributed by atoms with Crippen LogP contribution < -0.4 is 0 Å². The molecule has 0 N–H and O–H groups in total. The summed E-state index contributed by atoms with van der Waals surface area (Å²) in [6.45, 7) is 0. The molecule has 0 radical (unpaired) electrons. The van der Waals surface area contributed by atoms with Crippen LogP contribution in [0.1, 0.15) is 44.5 Å². The molecule has 0 amide bonds. The van der Waals surface area contributed by atoms with Crippen molar-refractivity contribution in [1.29, 1.82) is 0 Å². The monoisotopic (exact) mass is 540 g/mol. The number of hydrogen-bond acceptors (Lipinski definition) is 4. The second kappa shape index (κ2) is 10.2. The summed E-state index contributed by atoms with van der Waals surface area (Å²) < 4.78 is 0. The molecule has 1 heterocycles. The van der Waals surface area contributed by atoms with Crippen LogP contribution in [-0.2, 0) is 51.4 Å². The Morgan fingerprint density at radius 2 is 0.500 bits per heavy atom. The highest BCUT2D eigenvalue weighted by Crippen LogP contribution is 2.57. The third-order valence-corrected chi connectivity index (χ3v) is 13.2. The molecule has 8 aliphatic carbocycles. The highest BCUT2D eigenvalue weighted by Gasteiger charge is 2.24. The number of benzene rings is 4. The zero-order valence-corrected chi connectivity index (χ0v) is 23.5. The number of aryl methyl sites for hydroxylation is 8. The van der Waals surface area contributed by atoms with E-state index < -0.39 is 0 Å². The molecule has 0 atom stereocenters. The Morgan fingerprint density at radius 3 is 0.722 bits per heavy atom. The highest BCUT2D eigenvalue weighted by atomic mass is 33.1. The van der Waals surface area contributed by atoms with Gasteiger partial charge < -0.3 is 0 Å². The van der Waals surface area contributed by atoms with E-state index in [1.807, 2.05) is 43.2 Å². The Kier molecular flexibility index (Phi) is 6.64.